The van der Waals surface area contributed by atoms with Gasteiger partial charge in [0.2, 0.25) is 0 Å². The third kappa shape index (κ3) is 2.75. The van der Waals surface area contributed by atoms with E-state index in [1.807, 2.05) is 0 Å². The van der Waals surface area contributed by atoms with Crippen LogP contribution in [0.2, 0.25) is 0 Å². The minimum atomic E-state index is -1.87. The molecular weight excluding hydrogens is 244 g/mol. The summed E-state index contributed by atoms with van der Waals surface area (Å²) in [4.78, 5) is 0. The number of anilines is 1. The van der Waals surface area contributed by atoms with Crippen LogP contribution in [0.15, 0.2) is 43.5 Å². The second-order valence-corrected chi connectivity index (χ2v) is 4.77. The Morgan fingerprint density at radius 1 is 1.37 bits per heavy atom. The van der Waals surface area contributed by atoms with E-state index in [0.717, 1.165) is 6.07 Å². The van der Waals surface area contributed by atoms with E-state index in [-0.39, 0.29) is 17.7 Å². The van der Waals surface area contributed by atoms with Crippen LogP contribution in [0.5, 0.6) is 0 Å². The Labute approximate surface area is 113 Å². The molecule has 0 radical (unpaired) electrons. The van der Waals surface area contributed by atoms with Crippen LogP contribution in [-0.4, -0.2) is 0 Å². The first-order chi connectivity index (χ1) is 8.74. The summed E-state index contributed by atoms with van der Waals surface area (Å²) in [6.45, 7) is 14.3. The minimum absolute atomic E-state index is 0.0198. The number of nitrogen functional groups attached to an aromatic ring is 1. The average molecular weight is 263 g/mol. The number of allylic oxidation sites excluding steroid dienone is 3. The molecule has 1 nitrogen and oxygen atoms in total. The zero-order valence-electron chi connectivity index (χ0n) is 11.4. The van der Waals surface area contributed by atoms with Crippen LogP contribution >= 0.6 is 0 Å². The van der Waals surface area contributed by atoms with Crippen molar-refractivity contribution in [2.24, 2.45) is 0 Å². The average Bonchev–Trinajstić information content (AvgIpc) is 2.31. The lowest BCUT2D eigenvalue weighted by atomic mass is 9.82. The predicted molar refractivity (Wildman–Crippen MR) is 77.9 cm³/mol. The molecule has 102 valence electrons. The van der Waals surface area contributed by atoms with Crippen LogP contribution in [0.25, 0.3) is 5.57 Å². The van der Waals surface area contributed by atoms with Gasteiger partial charge in [-0.3, -0.25) is 0 Å². The normalized spacial score (nSPS) is 13.7. The zero-order chi connectivity index (χ0) is 14.8. The van der Waals surface area contributed by atoms with E-state index < -0.39 is 11.5 Å². The standard InChI is InChI=1S/C16H19F2N/c1-6-7-16(18,11(4)5)13-9-14(17)15(19)8-12(13)10(2)3/h6,8-9H,1-2,4,7,19H2,3,5H3. The van der Waals surface area contributed by atoms with Crippen molar-refractivity contribution in [3.8, 4) is 0 Å². The minimum Gasteiger partial charge on any atom is -0.396 e. The molecule has 0 heterocycles. The summed E-state index contributed by atoms with van der Waals surface area (Å²) in [5, 5.41) is 0. The monoisotopic (exact) mass is 263 g/mol. The molecule has 2 N–H and O–H groups in total. The van der Waals surface area contributed by atoms with E-state index in [1.165, 1.54) is 12.1 Å². The lowest BCUT2D eigenvalue weighted by Gasteiger charge is -2.28. The lowest BCUT2D eigenvalue weighted by Crippen LogP contribution is -2.22. The van der Waals surface area contributed by atoms with Crippen LogP contribution in [-0.2, 0) is 5.67 Å². The Morgan fingerprint density at radius 2 is 1.95 bits per heavy atom. The molecule has 0 bridgehead atoms. The number of benzene rings is 1. The molecule has 1 rings (SSSR count). The molecule has 1 atom stereocenters. The van der Waals surface area contributed by atoms with Crippen LogP contribution in [0, 0.1) is 5.82 Å². The lowest BCUT2D eigenvalue weighted by molar-refractivity contribution is 0.219. The molecule has 0 amide bonds. The molecule has 0 saturated heterocycles. The highest BCUT2D eigenvalue weighted by Crippen LogP contribution is 2.41. The summed E-state index contributed by atoms with van der Waals surface area (Å²) in [5.41, 5.74) is 5.26. The molecule has 3 heteroatoms. The van der Waals surface area contributed by atoms with Crippen molar-refractivity contribution in [3.63, 3.8) is 0 Å². The summed E-state index contributed by atoms with van der Waals surface area (Å²) in [6.07, 6.45) is 1.47. The Hall–Kier alpha value is -1.90. The fourth-order valence-corrected chi connectivity index (χ4v) is 1.98. The summed E-state index contributed by atoms with van der Waals surface area (Å²) in [7, 11) is 0. The first-order valence-corrected chi connectivity index (χ1v) is 5.95. The summed E-state index contributed by atoms with van der Waals surface area (Å²) in [6, 6.07) is 2.53. The molecule has 0 saturated carbocycles. The number of rotatable bonds is 5. The Kier molecular flexibility index (Phi) is 4.30. The van der Waals surface area contributed by atoms with Crippen molar-refractivity contribution in [3.05, 3.63) is 60.5 Å². The van der Waals surface area contributed by atoms with E-state index in [1.54, 1.807) is 13.8 Å². The number of halogens is 2. The Morgan fingerprint density at radius 3 is 2.37 bits per heavy atom. The molecule has 1 unspecified atom stereocenters. The van der Waals surface area contributed by atoms with E-state index in [0.29, 0.717) is 16.7 Å². The van der Waals surface area contributed by atoms with Gasteiger partial charge in [0, 0.05) is 12.0 Å². The first-order valence-electron chi connectivity index (χ1n) is 5.95. The third-order valence-corrected chi connectivity index (χ3v) is 3.13. The topological polar surface area (TPSA) is 26.0 Å². The Balaban J connectivity index is 3.62. The van der Waals surface area contributed by atoms with Gasteiger partial charge in [0.1, 0.15) is 5.82 Å². The van der Waals surface area contributed by atoms with Crippen molar-refractivity contribution in [2.45, 2.75) is 25.9 Å². The van der Waals surface area contributed by atoms with Gasteiger partial charge in [-0.1, -0.05) is 24.8 Å². The second kappa shape index (κ2) is 5.39. The quantitative estimate of drug-likeness (QED) is 0.601. The summed E-state index contributed by atoms with van der Waals surface area (Å²) >= 11 is 0. The van der Waals surface area contributed by atoms with E-state index >= 15 is 4.39 Å². The molecule has 0 fully saturated rings. The first kappa shape index (κ1) is 15.2. The molecule has 1 aromatic rings. The maximum absolute atomic E-state index is 15.2. The number of alkyl halides is 1. The molecule has 0 aliphatic carbocycles. The van der Waals surface area contributed by atoms with Gasteiger partial charge in [-0.25, -0.2) is 8.78 Å². The number of hydrogen-bond acceptors (Lipinski definition) is 1. The largest absolute Gasteiger partial charge is 0.396 e. The van der Waals surface area contributed by atoms with Gasteiger partial charge >= 0.3 is 0 Å². The Bertz CT molecular complexity index is 546. The van der Waals surface area contributed by atoms with Gasteiger partial charge < -0.3 is 5.73 Å². The van der Waals surface area contributed by atoms with Crippen LogP contribution in [0.1, 0.15) is 31.4 Å². The van der Waals surface area contributed by atoms with Crippen molar-refractivity contribution in [1.29, 1.82) is 0 Å². The van der Waals surface area contributed by atoms with Crippen molar-refractivity contribution in [1.82, 2.24) is 0 Å². The highest BCUT2D eigenvalue weighted by Gasteiger charge is 2.34. The van der Waals surface area contributed by atoms with Gasteiger partial charge in [-0.05, 0) is 37.1 Å². The maximum Gasteiger partial charge on any atom is 0.160 e. The predicted octanol–water partition coefficient (Wildman–Crippen LogP) is 4.76. The van der Waals surface area contributed by atoms with Crippen LogP contribution < -0.4 is 5.73 Å². The molecule has 0 aliphatic heterocycles. The van der Waals surface area contributed by atoms with Crippen LogP contribution in [0.3, 0.4) is 0 Å². The van der Waals surface area contributed by atoms with Gasteiger partial charge in [0.15, 0.2) is 5.67 Å². The summed E-state index contributed by atoms with van der Waals surface area (Å²) < 4.78 is 28.8. The molecule has 0 aromatic heterocycles. The molecular formula is C16H19F2N. The van der Waals surface area contributed by atoms with Crippen molar-refractivity contribution < 1.29 is 8.78 Å². The smallest absolute Gasteiger partial charge is 0.160 e. The summed E-state index contributed by atoms with van der Waals surface area (Å²) in [5.74, 6) is -0.646. The van der Waals surface area contributed by atoms with Gasteiger partial charge in [0.25, 0.3) is 0 Å². The highest BCUT2D eigenvalue weighted by molar-refractivity contribution is 5.70. The van der Waals surface area contributed by atoms with E-state index in [9.17, 15) is 4.39 Å². The van der Waals surface area contributed by atoms with Gasteiger partial charge in [-0.2, -0.15) is 0 Å². The maximum atomic E-state index is 15.2. The second-order valence-electron chi connectivity index (χ2n) is 4.77. The number of hydrogen-bond donors (Lipinski definition) is 1. The molecule has 19 heavy (non-hydrogen) atoms. The number of nitrogens with two attached hydrogens (primary N) is 1. The van der Waals surface area contributed by atoms with Gasteiger partial charge in [-0.15, -0.1) is 6.58 Å². The van der Waals surface area contributed by atoms with E-state index in [4.69, 9.17) is 5.73 Å². The zero-order valence-corrected chi connectivity index (χ0v) is 11.4. The van der Waals surface area contributed by atoms with Crippen molar-refractivity contribution in [2.75, 3.05) is 5.73 Å². The fourth-order valence-electron chi connectivity index (χ4n) is 1.98. The SMILES string of the molecule is C=CCC(F)(C(=C)C)c1cc(F)c(N)cc1C(=C)C. The molecule has 1 aromatic carbocycles. The van der Waals surface area contributed by atoms with Crippen LogP contribution in [0.4, 0.5) is 14.5 Å². The van der Waals surface area contributed by atoms with Gasteiger partial charge in [0.05, 0.1) is 5.69 Å². The third-order valence-electron chi connectivity index (χ3n) is 3.13. The van der Waals surface area contributed by atoms with E-state index in [2.05, 4.69) is 19.7 Å². The fraction of sp³-hybridized carbons (Fsp3) is 0.250. The highest BCUT2D eigenvalue weighted by atomic mass is 19.1. The van der Waals surface area contributed by atoms with Crippen molar-refractivity contribution >= 4 is 11.3 Å². The molecule has 0 spiro atoms. The molecule has 0 aliphatic rings.